The summed E-state index contributed by atoms with van der Waals surface area (Å²) in [7, 11) is 0. The fraction of sp³-hybridized carbons (Fsp3) is 0.333. The molecule has 1 nitrogen and oxygen atoms in total. The summed E-state index contributed by atoms with van der Waals surface area (Å²) in [6.07, 6.45) is 0. The van der Waals surface area contributed by atoms with Crippen molar-refractivity contribution in [1.29, 1.82) is 0 Å². The molecular weight excluding hydrogens is 304 g/mol. The van der Waals surface area contributed by atoms with E-state index in [1.165, 1.54) is 0 Å². The third kappa shape index (κ3) is 21.4. The smallest absolute Gasteiger partial charge is 0.127 e. The molecule has 25 heavy (non-hydrogen) atoms. The number of hydrogen-bond donors (Lipinski definition) is 0. The minimum Gasteiger partial charge on any atom is -0.457 e. The first-order valence-electron chi connectivity index (χ1n) is 8.73. The zero-order valence-corrected chi connectivity index (χ0v) is 17.2. The zero-order chi connectivity index (χ0) is 19.8. The fourth-order valence-corrected chi connectivity index (χ4v) is 1.11. The first-order chi connectivity index (χ1) is 12.3. The van der Waals surface area contributed by atoms with E-state index in [1.54, 1.807) is 0 Å². The zero-order valence-electron chi connectivity index (χ0n) is 17.2. The van der Waals surface area contributed by atoms with E-state index in [0.717, 1.165) is 11.5 Å². The Morgan fingerprint density at radius 1 is 0.480 bits per heavy atom. The molecule has 0 N–H and O–H groups in total. The van der Waals surface area contributed by atoms with E-state index in [2.05, 4.69) is 23.7 Å². The Morgan fingerprint density at radius 3 is 0.920 bits per heavy atom. The van der Waals surface area contributed by atoms with Crippen molar-refractivity contribution in [3.63, 3.8) is 0 Å². The second-order valence-electron chi connectivity index (χ2n) is 3.73. The minimum absolute atomic E-state index is 0.869. The number of hydrogen-bond acceptors (Lipinski definition) is 1. The molecule has 0 aliphatic carbocycles. The molecule has 0 atom stereocenters. The molecule has 0 aliphatic rings. The average molecular weight is 339 g/mol. The molecule has 0 amide bonds. The van der Waals surface area contributed by atoms with E-state index >= 15 is 0 Å². The van der Waals surface area contributed by atoms with Gasteiger partial charge in [0.25, 0.3) is 0 Å². The molecule has 0 aromatic heterocycles. The van der Waals surface area contributed by atoms with E-state index in [-0.39, 0.29) is 0 Å². The van der Waals surface area contributed by atoms with E-state index in [9.17, 15) is 0 Å². The quantitative estimate of drug-likeness (QED) is 0.512. The van der Waals surface area contributed by atoms with Gasteiger partial charge in [-0.1, -0.05) is 64.1 Å². The van der Waals surface area contributed by atoms with Gasteiger partial charge in [-0.2, -0.15) is 0 Å². The third-order valence-corrected chi connectivity index (χ3v) is 2.22. The lowest BCUT2D eigenvalue weighted by Gasteiger charge is -2.03. The molecule has 0 fully saturated rings. The number of benzene rings is 2. The lowest BCUT2D eigenvalue weighted by Crippen LogP contribution is -1.81. The fourth-order valence-electron chi connectivity index (χ4n) is 1.11. The largest absolute Gasteiger partial charge is 0.457 e. The van der Waals surface area contributed by atoms with Crippen LogP contribution in [-0.2, 0) is 0 Å². The first-order valence-corrected chi connectivity index (χ1v) is 8.73. The van der Waals surface area contributed by atoms with Crippen LogP contribution >= 0.6 is 0 Å². The van der Waals surface area contributed by atoms with Crippen molar-refractivity contribution in [1.82, 2.24) is 0 Å². The molecule has 0 saturated carbocycles. The van der Waals surface area contributed by atoms with E-state index < -0.39 is 0 Å². The lowest BCUT2D eigenvalue weighted by atomic mass is 10.3. The van der Waals surface area contributed by atoms with Crippen LogP contribution in [0.2, 0.25) is 0 Å². The van der Waals surface area contributed by atoms with Crippen LogP contribution in [0.4, 0.5) is 0 Å². The van der Waals surface area contributed by atoms with Gasteiger partial charge in [0.1, 0.15) is 11.5 Å². The van der Waals surface area contributed by atoms with Gasteiger partial charge in [0, 0.05) is 0 Å². The molecule has 0 saturated heterocycles. The van der Waals surface area contributed by atoms with Gasteiger partial charge in [-0.25, -0.2) is 0 Å². The predicted octanol–water partition coefficient (Wildman–Crippen LogP) is 7.59. The maximum atomic E-state index is 5.58. The predicted molar refractivity (Wildman–Crippen MR) is 114 cm³/mol. The second-order valence-corrected chi connectivity index (χ2v) is 3.73. The van der Waals surface area contributed by atoms with Gasteiger partial charge in [0.2, 0.25) is 0 Å². The molecule has 2 aromatic carbocycles. The summed E-state index contributed by atoms with van der Waals surface area (Å²) in [5.41, 5.74) is 0. The Kier molecular flexibility index (Phi) is 28.6. The highest BCUT2D eigenvalue weighted by atomic mass is 16.5. The van der Waals surface area contributed by atoms with Gasteiger partial charge < -0.3 is 4.74 Å². The summed E-state index contributed by atoms with van der Waals surface area (Å²) in [4.78, 5) is 0. The Bertz CT molecular complexity index is 510. The molecule has 0 spiro atoms. The molecule has 0 unspecified atom stereocenters. The highest BCUT2D eigenvalue weighted by Gasteiger charge is 1.92. The molecule has 0 aliphatic heterocycles. The van der Waals surface area contributed by atoms with Gasteiger partial charge in [0.05, 0.1) is 0 Å². The van der Waals surface area contributed by atoms with Crippen LogP contribution in [0.15, 0.2) is 60.7 Å². The van der Waals surface area contributed by atoms with Crippen LogP contribution in [-0.4, -0.2) is 0 Å². The average Bonchev–Trinajstić information content (AvgIpc) is 2.73. The Morgan fingerprint density at radius 2 is 0.720 bits per heavy atom. The summed E-state index contributed by atoms with van der Waals surface area (Å²) in [6.45, 7) is 15.3. The van der Waals surface area contributed by atoms with Gasteiger partial charge >= 0.3 is 0 Å². The lowest BCUT2D eigenvalue weighted by molar-refractivity contribution is 0.482. The molecule has 136 valence electrons. The molecule has 2 aromatic rings. The summed E-state index contributed by atoms with van der Waals surface area (Å²) in [6, 6.07) is 19.5. The van der Waals surface area contributed by atoms with Crippen LogP contribution < -0.4 is 4.74 Å². The monoisotopic (exact) mass is 338 g/mol. The SMILES string of the molecule is CC.CC.CC#CC.CC#CC.c1ccc(Oc2ccccc2)cc1. The van der Waals surface area contributed by atoms with Crippen LogP contribution in [0, 0.1) is 23.7 Å². The van der Waals surface area contributed by atoms with E-state index in [0.29, 0.717) is 0 Å². The Hall–Kier alpha value is -2.64. The standard InChI is InChI=1S/C12H10O.2C4H6.2C2H6/c1-3-7-11(8-4-1)13-12-9-5-2-6-10-12;2*1-3-4-2;2*1-2/h1-10H;2*1-2H3;2*1-2H3. The second kappa shape index (κ2) is 26.3. The van der Waals surface area contributed by atoms with E-state index in [4.69, 9.17) is 4.74 Å². The molecule has 0 bridgehead atoms. The van der Waals surface area contributed by atoms with Crippen molar-refractivity contribution in [3.05, 3.63) is 60.7 Å². The van der Waals surface area contributed by atoms with Crippen LogP contribution in [0.3, 0.4) is 0 Å². The van der Waals surface area contributed by atoms with Crippen molar-refractivity contribution < 1.29 is 4.74 Å². The molecule has 2 rings (SSSR count). The summed E-state index contributed by atoms with van der Waals surface area (Å²) in [5, 5.41) is 0. The Balaban J connectivity index is -0.000000339. The van der Waals surface area contributed by atoms with Crippen LogP contribution in [0.25, 0.3) is 0 Å². The number of para-hydroxylation sites is 2. The maximum Gasteiger partial charge on any atom is 0.127 e. The number of ether oxygens (including phenoxy) is 1. The summed E-state index contributed by atoms with van der Waals surface area (Å²) < 4.78 is 5.58. The highest BCUT2D eigenvalue weighted by molar-refractivity contribution is 5.30. The van der Waals surface area contributed by atoms with Crippen molar-refractivity contribution in [2.75, 3.05) is 0 Å². The maximum absolute atomic E-state index is 5.58. The summed E-state index contributed by atoms with van der Waals surface area (Å²) in [5.74, 6) is 12.5. The van der Waals surface area contributed by atoms with Gasteiger partial charge in [-0.15, -0.1) is 23.7 Å². The minimum atomic E-state index is 0.869. The van der Waals surface area contributed by atoms with Crippen molar-refractivity contribution in [2.24, 2.45) is 0 Å². The first kappa shape index (κ1) is 27.2. The van der Waals surface area contributed by atoms with Gasteiger partial charge in [0.15, 0.2) is 0 Å². The normalized spacial score (nSPS) is 6.56. The van der Waals surface area contributed by atoms with Crippen LogP contribution in [0.5, 0.6) is 11.5 Å². The van der Waals surface area contributed by atoms with Crippen molar-refractivity contribution in [2.45, 2.75) is 55.4 Å². The molecular formula is C24H34O. The Labute approximate surface area is 156 Å². The third-order valence-electron chi connectivity index (χ3n) is 2.22. The topological polar surface area (TPSA) is 9.23 Å². The van der Waals surface area contributed by atoms with E-state index in [1.807, 2.05) is 116 Å². The molecule has 1 heteroatoms. The molecule has 0 radical (unpaired) electrons. The van der Waals surface area contributed by atoms with Gasteiger partial charge in [-0.3, -0.25) is 0 Å². The van der Waals surface area contributed by atoms with Crippen molar-refractivity contribution >= 4 is 0 Å². The number of rotatable bonds is 2. The molecule has 0 heterocycles. The van der Waals surface area contributed by atoms with Gasteiger partial charge in [-0.05, 0) is 52.0 Å². The summed E-state index contributed by atoms with van der Waals surface area (Å²) >= 11 is 0. The highest BCUT2D eigenvalue weighted by Crippen LogP contribution is 2.19. The van der Waals surface area contributed by atoms with Crippen LogP contribution in [0.1, 0.15) is 55.4 Å². The van der Waals surface area contributed by atoms with Crippen molar-refractivity contribution in [3.8, 4) is 35.2 Å².